The standard InChI is InChI=1S/C7H5ClN4S2/c1-4-11-7(14-12-4)13-6-2-5(8)9-3-10-6/h2-3H,1H3. The summed E-state index contributed by atoms with van der Waals surface area (Å²) in [6.07, 6.45) is 1.43. The van der Waals surface area contributed by atoms with E-state index in [2.05, 4.69) is 19.3 Å². The fourth-order valence-corrected chi connectivity index (χ4v) is 2.56. The molecule has 0 radical (unpaired) electrons. The van der Waals surface area contributed by atoms with Gasteiger partial charge < -0.3 is 0 Å². The first kappa shape index (κ1) is 9.82. The van der Waals surface area contributed by atoms with Crippen LogP contribution in [0.15, 0.2) is 21.8 Å². The van der Waals surface area contributed by atoms with E-state index in [1.165, 1.54) is 29.6 Å². The highest BCUT2D eigenvalue weighted by Gasteiger charge is 2.04. The highest BCUT2D eigenvalue weighted by atomic mass is 35.5. The van der Waals surface area contributed by atoms with Gasteiger partial charge in [-0.25, -0.2) is 15.0 Å². The van der Waals surface area contributed by atoms with Crippen LogP contribution >= 0.6 is 34.9 Å². The zero-order chi connectivity index (χ0) is 9.97. The SMILES string of the molecule is Cc1nsc(Sc2cc(Cl)ncn2)n1. The van der Waals surface area contributed by atoms with Crippen molar-refractivity contribution in [3.63, 3.8) is 0 Å². The number of aryl methyl sites for hydroxylation is 1. The van der Waals surface area contributed by atoms with E-state index in [1.807, 2.05) is 6.92 Å². The molecule has 0 aliphatic rings. The molecule has 2 heterocycles. The second-order valence-corrected chi connectivity index (χ2v) is 4.80. The quantitative estimate of drug-likeness (QED) is 0.760. The first-order valence-electron chi connectivity index (χ1n) is 3.70. The van der Waals surface area contributed by atoms with E-state index < -0.39 is 0 Å². The topological polar surface area (TPSA) is 51.6 Å². The minimum atomic E-state index is 0.434. The van der Waals surface area contributed by atoms with Gasteiger partial charge in [0.05, 0.1) is 0 Å². The Balaban J connectivity index is 2.18. The van der Waals surface area contributed by atoms with E-state index in [1.54, 1.807) is 6.07 Å². The minimum Gasteiger partial charge on any atom is -0.229 e. The number of aromatic nitrogens is 4. The van der Waals surface area contributed by atoms with E-state index >= 15 is 0 Å². The number of hydrogen-bond acceptors (Lipinski definition) is 6. The van der Waals surface area contributed by atoms with Crippen LogP contribution in [0.4, 0.5) is 0 Å². The molecule has 0 unspecified atom stereocenters. The number of nitrogens with zero attached hydrogens (tertiary/aromatic N) is 4. The number of rotatable bonds is 2. The van der Waals surface area contributed by atoms with Crippen LogP contribution in [0.1, 0.15) is 5.82 Å². The van der Waals surface area contributed by atoms with Gasteiger partial charge in [0.15, 0.2) is 4.34 Å². The fraction of sp³-hybridized carbons (Fsp3) is 0.143. The molecule has 0 aliphatic carbocycles. The van der Waals surface area contributed by atoms with Crippen molar-refractivity contribution >= 4 is 34.9 Å². The molecule has 2 aromatic heterocycles. The second kappa shape index (κ2) is 4.20. The van der Waals surface area contributed by atoms with Crippen molar-refractivity contribution in [1.82, 2.24) is 19.3 Å². The fourth-order valence-electron chi connectivity index (χ4n) is 0.782. The van der Waals surface area contributed by atoms with Gasteiger partial charge in [0.1, 0.15) is 22.3 Å². The zero-order valence-electron chi connectivity index (χ0n) is 7.14. The molecule has 0 bridgehead atoms. The predicted molar refractivity (Wildman–Crippen MR) is 55.8 cm³/mol. The summed E-state index contributed by atoms with van der Waals surface area (Å²) in [5.74, 6) is 0.776. The maximum absolute atomic E-state index is 5.72. The molecule has 0 aromatic carbocycles. The summed E-state index contributed by atoms with van der Waals surface area (Å²) in [5, 5.41) is 1.21. The summed E-state index contributed by atoms with van der Waals surface area (Å²) in [6.45, 7) is 1.85. The smallest absolute Gasteiger partial charge is 0.176 e. The Labute approximate surface area is 93.9 Å². The summed E-state index contributed by atoms with van der Waals surface area (Å²) in [6, 6.07) is 1.70. The molecule has 0 N–H and O–H groups in total. The Hall–Kier alpha value is -0.720. The molecule has 0 fully saturated rings. The molecule has 0 amide bonds. The number of hydrogen-bond donors (Lipinski definition) is 0. The third-order valence-electron chi connectivity index (χ3n) is 1.31. The van der Waals surface area contributed by atoms with Crippen LogP contribution in [0.3, 0.4) is 0 Å². The Morgan fingerprint density at radius 1 is 1.43 bits per heavy atom. The van der Waals surface area contributed by atoms with Crippen molar-refractivity contribution < 1.29 is 0 Å². The van der Waals surface area contributed by atoms with Crippen molar-refractivity contribution in [1.29, 1.82) is 0 Å². The van der Waals surface area contributed by atoms with Gasteiger partial charge in [-0.05, 0) is 30.2 Å². The van der Waals surface area contributed by atoms with Crippen molar-refractivity contribution in [3.05, 3.63) is 23.4 Å². The first-order valence-corrected chi connectivity index (χ1v) is 5.66. The highest BCUT2D eigenvalue weighted by molar-refractivity contribution is 8.00. The van der Waals surface area contributed by atoms with Crippen LogP contribution in [0.2, 0.25) is 5.15 Å². The van der Waals surface area contributed by atoms with Gasteiger partial charge in [-0.1, -0.05) is 11.6 Å². The lowest BCUT2D eigenvalue weighted by Gasteiger charge is -1.94. The molecule has 0 atom stereocenters. The predicted octanol–water partition coefficient (Wildman–Crippen LogP) is 2.44. The molecule has 72 valence electrons. The van der Waals surface area contributed by atoms with Gasteiger partial charge in [0.25, 0.3) is 0 Å². The third-order valence-corrected chi connectivity index (χ3v) is 3.29. The average Bonchev–Trinajstić information content (AvgIpc) is 2.51. The highest BCUT2D eigenvalue weighted by Crippen LogP contribution is 2.27. The van der Waals surface area contributed by atoms with E-state index in [0.29, 0.717) is 5.15 Å². The van der Waals surface area contributed by atoms with E-state index in [-0.39, 0.29) is 0 Å². The molecule has 0 aliphatic heterocycles. The van der Waals surface area contributed by atoms with Crippen LogP contribution in [0.5, 0.6) is 0 Å². The normalized spacial score (nSPS) is 10.4. The van der Waals surface area contributed by atoms with Crippen molar-refractivity contribution in [2.75, 3.05) is 0 Å². The van der Waals surface area contributed by atoms with Gasteiger partial charge >= 0.3 is 0 Å². The van der Waals surface area contributed by atoms with E-state index in [9.17, 15) is 0 Å². The van der Waals surface area contributed by atoms with E-state index in [4.69, 9.17) is 11.6 Å². The van der Waals surface area contributed by atoms with Gasteiger partial charge in [-0.2, -0.15) is 4.37 Å². The Bertz CT molecular complexity index is 445. The summed E-state index contributed by atoms with van der Waals surface area (Å²) in [4.78, 5) is 12.0. The van der Waals surface area contributed by atoms with Gasteiger partial charge in [-0.3, -0.25) is 0 Å². The average molecular weight is 245 g/mol. The third kappa shape index (κ3) is 2.40. The minimum absolute atomic E-state index is 0.434. The first-order chi connectivity index (χ1) is 6.74. The lowest BCUT2D eigenvalue weighted by Crippen LogP contribution is -1.82. The van der Waals surface area contributed by atoms with E-state index in [0.717, 1.165) is 15.2 Å². The summed E-state index contributed by atoms with van der Waals surface area (Å²) >= 11 is 8.50. The van der Waals surface area contributed by atoms with Crippen molar-refractivity contribution in [2.45, 2.75) is 16.3 Å². The van der Waals surface area contributed by atoms with Crippen LogP contribution in [0, 0.1) is 6.92 Å². The molecule has 4 nitrogen and oxygen atoms in total. The van der Waals surface area contributed by atoms with Gasteiger partial charge in [-0.15, -0.1) is 0 Å². The molecular formula is C7H5ClN4S2. The lowest BCUT2D eigenvalue weighted by molar-refractivity contribution is 1.04. The molecular weight excluding hydrogens is 240 g/mol. The Morgan fingerprint density at radius 3 is 2.93 bits per heavy atom. The van der Waals surface area contributed by atoms with Crippen LogP contribution < -0.4 is 0 Å². The van der Waals surface area contributed by atoms with Gasteiger partial charge in [0.2, 0.25) is 0 Å². The van der Waals surface area contributed by atoms with Crippen LogP contribution in [0.25, 0.3) is 0 Å². The van der Waals surface area contributed by atoms with Gasteiger partial charge in [0, 0.05) is 6.07 Å². The lowest BCUT2D eigenvalue weighted by atomic mass is 10.7. The molecule has 2 rings (SSSR count). The molecule has 7 heteroatoms. The monoisotopic (exact) mass is 244 g/mol. The van der Waals surface area contributed by atoms with Crippen molar-refractivity contribution in [3.8, 4) is 0 Å². The Kier molecular flexibility index (Phi) is 2.95. The maximum atomic E-state index is 5.72. The molecule has 2 aromatic rings. The zero-order valence-corrected chi connectivity index (χ0v) is 9.53. The molecule has 0 saturated heterocycles. The second-order valence-electron chi connectivity index (χ2n) is 2.39. The van der Waals surface area contributed by atoms with Crippen LogP contribution in [-0.4, -0.2) is 19.3 Å². The maximum Gasteiger partial charge on any atom is 0.176 e. The molecule has 0 spiro atoms. The number of halogens is 1. The summed E-state index contributed by atoms with van der Waals surface area (Å²) in [7, 11) is 0. The van der Waals surface area contributed by atoms with Crippen LogP contribution in [-0.2, 0) is 0 Å². The largest absolute Gasteiger partial charge is 0.229 e. The summed E-state index contributed by atoms with van der Waals surface area (Å²) in [5.41, 5.74) is 0. The molecule has 0 saturated carbocycles. The molecule has 14 heavy (non-hydrogen) atoms. The summed E-state index contributed by atoms with van der Waals surface area (Å²) < 4.78 is 4.93. The van der Waals surface area contributed by atoms with Crippen molar-refractivity contribution in [2.24, 2.45) is 0 Å². The Morgan fingerprint density at radius 2 is 2.29 bits per heavy atom.